The molecule has 2 heterocycles. The highest BCUT2D eigenvalue weighted by Crippen LogP contribution is 2.33. The van der Waals surface area contributed by atoms with Crippen molar-refractivity contribution in [2.24, 2.45) is 0 Å². The second-order valence-electron chi connectivity index (χ2n) is 4.16. The van der Waals surface area contributed by atoms with Gasteiger partial charge in [-0.05, 0) is 12.1 Å². The van der Waals surface area contributed by atoms with Crippen LogP contribution in [0.5, 0.6) is 11.5 Å². The molecule has 0 saturated carbocycles. The van der Waals surface area contributed by atoms with Gasteiger partial charge in [-0.25, -0.2) is 0 Å². The zero-order valence-corrected chi connectivity index (χ0v) is 11.0. The van der Waals surface area contributed by atoms with Crippen LogP contribution in [0, 0.1) is 0 Å². The molecule has 0 radical (unpaired) electrons. The number of para-hydroxylation sites is 2. The number of rotatable bonds is 2. The first-order valence-electron chi connectivity index (χ1n) is 5.78. The summed E-state index contributed by atoms with van der Waals surface area (Å²) in [5.74, 6) is 0.900. The molecule has 0 spiro atoms. The van der Waals surface area contributed by atoms with E-state index in [1.807, 2.05) is 24.3 Å². The molecule has 2 aliphatic heterocycles. The molecule has 100 valence electrons. The minimum atomic E-state index is -0.645. The molecule has 6 heteroatoms. The summed E-state index contributed by atoms with van der Waals surface area (Å²) in [6.45, 7) is 2.18. The van der Waals surface area contributed by atoms with E-state index in [0.29, 0.717) is 6.61 Å². The molecule has 0 aromatic heterocycles. The maximum absolute atomic E-state index is 5.94. The molecule has 1 saturated heterocycles. The van der Waals surface area contributed by atoms with Crippen LogP contribution in [0.25, 0.3) is 0 Å². The maximum atomic E-state index is 5.94. The van der Waals surface area contributed by atoms with Crippen LogP contribution in [0.1, 0.15) is 0 Å². The first kappa shape index (κ1) is 13.4. The van der Waals surface area contributed by atoms with Crippen LogP contribution in [0.2, 0.25) is 0 Å². The first-order chi connectivity index (χ1) is 8.34. The maximum Gasteiger partial charge on any atom is 0.216 e. The lowest BCUT2D eigenvalue weighted by molar-refractivity contribution is -0.136. The van der Waals surface area contributed by atoms with Crippen LogP contribution in [-0.4, -0.2) is 38.8 Å². The molecule has 1 fully saturated rings. The highest BCUT2D eigenvalue weighted by molar-refractivity contribution is 5.85. The Morgan fingerprint density at radius 3 is 2.56 bits per heavy atom. The Bertz CT molecular complexity index is 410. The summed E-state index contributed by atoms with van der Waals surface area (Å²) in [5.41, 5.74) is 0. The standard InChI is InChI=1S/C12H16N2O3.ClH/c1-15-12(13-6-7-14-12)11-8-16-9-4-2-3-5-10(9)17-11;/h2-5,11,13-14H,6-8H2,1H3;1H. The van der Waals surface area contributed by atoms with Crippen molar-refractivity contribution in [3.63, 3.8) is 0 Å². The van der Waals surface area contributed by atoms with Crippen LogP contribution >= 0.6 is 12.4 Å². The van der Waals surface area contributed by atoms with E-state index in [2.05, 4.69) is 10.6 Å². The van der Waals surface area contributed by atoms with Crippen molar-refractivity contribution in [2.45, 2.75) is 12.0 Å². The minimum Gasteiger partial charge on any atom is -0.486 e. The molecule has 2 aliphatic rings. The Balaban J connectivity index is 0.00000120. The zero-order valence-electron chi connectivity index (χ0n) is 10.1. The smallest absolute Gasteiger partial charge is 0.216 e. The second-order valence-corrected chi connectivity index (χ2v) is 4.16. The van der Waals surface area contributed by atoms with Gasteiger partial charge >= 0.3 is 0 Å². The number of hydrogen-bond donors (Lipinski definition) is 2. The average molecular weight is 273 g/mol. The van der Waals surface area contributed by atoms with E-state index in [1.165, 1.54) is 0 Å². The lowest BCUT2D eigenvalue weighted by atomic mass is 10.2. The highest BCUT2D eigenvalue weighted by Gasteiger charge is 2.45. The van der Waals surface area contributed by atoms with Gasteiger partial charge < -0.3 is 14.2 Å². The van der Waals surface area contributed by atoms with Gasteiger partial charge in [-0.3, -0.25) is 10.6 Å². The molecule has 1 unspecified atom stereocenters. The highest BCUT2D eigenvalue weighted by atomic mass is 35.5. The summed E-state index contributed by atoms with van der Waals surface area (Å²) in [5, 5.41) is 6.56. The molecule has 0 bridgehead atoms. The molecule has 1 atom stereocenters. The molecule has 18 heavy (non-hydrogen) atoms. The number of benzene rings is 1. The summed E-state index contributed by atoms with van der Waals surface area (Å²) in [4.78, 5) is 0. The number of halogens is 1. The molecular formula is C12H17ClN2O3. The van der Waals surface area contributed by atoms with Crippen molar-refractivity contribution >= 4 is 12.4 Å². The van der Waals surface area contributed by atoms with Crippen molar-refractivity contribution in [1.29, 1.82) is 0 Å². The fourth-order valence-corrected chi connectivity index (χ4v) is 2.28. The SMILES string of the molecule is COC1(C2COc3ccccc3O2)NCCN1.Cl. The molecule has 5 nitrogen and oxygen atoms in total. The van der Waals surface area contributed by atoms with Crippen LogP contribution in [-0.2, 0) is 4.74 Å². The molecular weight excluding hydrogens is 256 g/mol. The molecule has 0 aliphatic carbocycles. The Hall–Kier alpha value is -1.01. The van der Waals surface area contributed by atoms with Gasteiger partial charge in [0.05, 0.1) is 0 Å². The van der Waals surface area contributed by atoms with Crippen molar-refractivity contribution in [3.05, 3.63) is 24.3 Å². The summed E-state index contributed by atoms with van der Waals surface area (Å²) < 4.78 is 17.2. The van der Waals surface area contributed by atoms with Gasteiger partial charge in [0.15, 0.2) is 17.6 Å². The molecule has 3 rings (SSSR count). The number of hydrogen-bond acceptors (Lipinski definition) is 5. The lowest BCUT2D eigenvalue weighted by Gasteiger charge is -2.38. The van der Waals surface area contributed by atoms with Gasteiger partial charge in [0.1, 0.15) is 6.61 Å². The number of fused-ring (bicyclic) bond motifs is 1. The van der Waals surface area contributed by atoms with Gasteiger partial charge in [-0.15, -0.1) is 12.4 Å². The second kappa shape index (κ2) is 5.32. The Morgan fingerprint density at radius 1 is 1.22 bits per heavy atom. The minimum absolute atomic E-state index is 0. The number of ether oxygens (including phenoxy) is 3. The fraction of sp³-hybridized carbons (Fsp3) is 0.500. The fourth-order valence-electron chi connectivity index (χ4n) is 2.28. The molecule has 1 aromatic rings. The number of methoxy groups -OCH3 is 1. The number of nitrogens with one attached hydrogen (secondary N) is 2. The Labute approximate surface area is 112 Å². The average Bonchev–Trinajstić information content (AvgIpc) is 2.88. The van der Waals surface area contributed by atoms with Gasteiger partial charge in [0, 0.05) is 20.2 Å². The van der Waals surface area contributed by atoms with Crippen molar-refractivity contribution in [3.8, 4) is 11.5 Å². The van der Waals surface area contributed by atoms with E-state index in [0.717, 1.165) is 24.6 Å². The van der Waals surface area contributed by atoms with Crippen molar-refractivity contribution < 1.29 is 14.2 Å². The third-order valence-corrected chi connectivity index (χ3v) is 3.18. The third kappa shape index (κ3) is 2.14. The normalized spacial score (nSPS) is 24.4. The lowest BCUT2D eigenvalue weighted by Crippen LogP contribution is -2.64. The van der Waals surface area contributed by atoms with E-state index in [1.54, 1.807) is 7.11 Å². The van der Waals surface area contributed by atoms with E-state index in [9.17, 15) is 0 Å². The Morgan fingerprint density at radius 2 is 1.89 bits per heavy atom. The van der Waals surface area contributed by atoms with Crippen molar-refractivity contribution in [1.82, 2.24) is 10.6 Å². The summed E-state index contributed by atoms with van der Waals surface area (Å²) in [7, 11) is 1.66. The topological polar surface area (TPSA) is 51.8 Å². The summed E-state index contributed by atoms with van der Waals surface area (Å²) in [6.07, 6.45) is -0.204. The van der Waals surface area contributed by atoms with Gasteiger partial charge in [-0.2, -0.15) is 0 Å². The van der Waals surface area contributed by atoms with Crippen LogP contribution in [0.3, 0.4) is 0 Å². The van der Waals surface area contributed by atoms with E-state index in [-0.39, 0.29) is 18.5 Å². The summed E-state index contributed by atoms with van der Waals surface area (Å²) in [6, 6.07) is 7.67. The largest absolute Gasteiger partial charge is 0.486 e. The van der Waals surface area contributed by atoms with E-state index in [4.69, 9.17) is 14.2 Å². The predicted octanol–water partition coefficient (Wildman–Crippen LogP) is 0.741. The van der Waals surface area contributed by atoms with E-state index >= 15 is 0 Å². The zero-order chi connectivity index (χ0) is 11.7. The van der Waals surface area contributed by atoms with Crippen molar-refractivity contribution in [2.75, 3.05) is 26.8 Å². The predicted molar refractivity (Wildman–Crippen MR) is 69.3 cm³/mol. The molecule has 0 amide bonds. The van der Waals surface area contributed by atoms with E-state index < -0.39 is 5.85 Å². The van der Waals surface area contributed by atoms with Crippen LogP contribution < -0.4 is 20.1 Å². The molecule has 2 N–H and O–H groups in total. The third-order valence-electron chi connectivity index (χ3n) is 3.18. The van der Waals surface area contributed by atoms with Gasteiger partial charge in [-0.1, -0.05) is 12.1 Å². The van der Waals surface area contributed by atoms with Gasteiger partial charge in [0.25, 0.3) is 0 Å². The first-order valence-corrected chi connectivity index (χ1v) is 5.78. The van der Waals surface area contributed by atoms with Crippen LogP contribution in [0.4, 0.5) is 0 Å². The quantitative estimate of drug-likeness (QED) is 0.832. The monoisotopic (exact) mass is 272 g/mol. The Kier molecular flexibility index (Phi) is 3.97. The summed E-state index contributed by atoms with van der Waals surface area (Å²) >= 11 is 0. The van der Waals surface area contributed by atoms with Gasteiger partial charge in [0.2, 0.25) is 5.85 Å². The van der Waals surface area contributed by atoms with Crippen LogP contribution in [0.15, 0.2) is 24.3 Å². The molecule has 1 aromatic carbocycles.